The fourth-order valence-corrected chi connectivity index (χ4v) is 2.65. The molecule has 86 valence electrons. The summed E-state index contributed by atoms with van der Waals surface area (Å²) >= 11 is 1.81. The van der Waals surface area contributed by atoms with Gasteiger partial charge in [0.15, 0.2) is 0 Å². The molecule has 0 amide bonds. The summed E-state index contributed by atoms with van der Waals surface area (Å²) < 4.78 is 0. The van der Waals surface area contributed by atoms with E-state index in [1.54, 1.807) is 0 Å². The van der Waals surface area contributed by atoms with Crippen LogP contribution in [0.15, 0.2) is 5.38 Å². The summed E-state index contributed by atoms with van der Waals surface area (Å²) in [5.41, 5.74) is 1.24. The van der Waals surface area contributed by atoms with Crippen molar-refractivity contribution in [1.82, 2.24) is 10.3 Å². The van der Waals surface area contributed by atoms with E-state index >= 15 is 0 Å². The Morgan fingerprint density at radius 2 is 2.20 bits per heavy atom. The van der Waals surface area contributed by atoms with Crippen LogP contribution < -0.4 is 5.32 Å². The number of aromatic nitrogens is 1. The molecule has 0 aliphatic carbocycles. The number of nitrogens with one attached hydrogen (secondary N) is 1. The molecule has 0 radical (unpaired) electrons. The SMILES string of the molecule is CCC(CNC)Cc1nc(C(C)C)cs1. The van der Waals surface area contributed by atoms with Gasteiger partial charge in [-0.1, -0.05) is 27.2 Å². The van der Waals surface area contributed by atoms with Gasteiger partial charge in [0.05, 0.1) is 10.7 Å². The summed E-state index contributed by atoms with van der Waals surface area (Å²) in [5, 5.41) is 6.74. The lowest BCUT2D eigenvalue weighted by atomic mass is 10.0. The highest BCUT2D eigenvalue weighted by atomic mass is 32.1. The molecule has 0 spiro atoms. The second kappa shape index (κ2) is 6.23. The van der Waals surface area contributed by atoms with Crippen molar-refractivity contribution in [3.63, 3.8) is 0 Å². The smallest absolute Gasteiger partial charge is 0.0931 e. The molecular formula is C12H22N2S. The fraction of sp³-hybridized carbons (Fsp3) is 0.750. The highest BCUT2D eigenvalue weighted by molar-refractivity contribution is 7.09. The topological polar surface area (TPSA) is 24.9 Å². The van der Waals surface area contributed by atoms with E-state index < -0.39 is 0 Å². The highest BCUT2D eigenvalue weighted by Gasteiger charge is 2.10. The maximum absolute atomic E-state index is 4.67. The lowest BCUT2D eigenvalue weighted by molar-refractivity contribution is 0.479. The molecule has 3 heteroatoms. The van der Waals surface area contributed by atoms with Crippen LogP contribution in [0.5, 0.6) is 0 Å². The Labute approximate surface area is 97.1 Å². The molecule has 0 saturated heterocycles. The summed E-state index contributed by atoms with van der Waals surface area (Å²) in [6.07, 6.45) is 2.34. The number of thiazole rings is 1. The van der Waals surface area contributed by atoms with E-state index in [0.717, 1.165) is 18.9 Å². The quantitative estimate of drug-likeness (QED) is 0.806. The Balaban J connectivity index is 2.55. The Bertz CT molecular complexity index is 281. The molecule has 0 aliphatic rings. The third kappa shape index (κ3) is 3.92. The van der Waals surface area contributed by atoms with Crippen molar-refractivity contribution < 1.29 is 0 Å². The van der Waals surface area contributed by atoms with Gasteiger partial charge in [0.25, 0.3) is 0 Å². The van der Waals surface area contributed by atoms with Gasteiger partial charge in [0.2, 0.25) is 0 Å². The van der Waals surface area contributed by atoms with Gasteiger partial charge in [0.1, 0.15) is 0 Å². The summed E-state index contributed by atoms with van der Waals surface area (Å²) in [6.45, 7) is 7.74. The Kier molecular flexibility index (Phi) is 5.26. The zero-order valence-corrected chi connectivity index (χ0v) is 11.0. The van der Waals surface area contributed by atoms with Crippen molar-refractivity contribution in [3.05, 3.63) is 16.1 Å². The largest absolute Gasteiger partial charge is 0.319 e. The van der Waals surface area contributed by atoms with Crippen LogP contribution in [0.25, 0.3) is 0 Å². The summed E-state index contributed by atoms with van der Waals surface area (Å²) in [4.78, 5) is 4.67. The van der Waals surface area contributed by atoms with Crippen LogP contribution in [0.4, 0.5) is 0 Å². The molecule has 1 unspecified atom stereocenters. The summed E-state index contributed by atoms with van der Waals surface area (Å²) in [7, 11) is 2.02. The average molecular weight is 226 g/mol. The predicted molar refractivity (Wildman–Crippen MR) is 67.6 cm³/mol. The van der Waals surface area contributed by atoms with Crippen molar-refractivity contribution in [3.8, 4) is 0 Å². The van der Waals surface area contributed by atoms with Crippen LogP contribution in [-0.2, 0) is 6.42 Å². The minimum absolute atomic E-state index is 0.555. The average Bonchev–Trinajstić information content (AvgIpc) is 2.65. The molecule has 1 heterocycles. The molecule has 0 aromatic carbocycles. The number of rotatable bonds is 6. The molecule has 0 saturated carbocycles. The molecule has 0 bridgehead atoms. The van der Waals surface area contributed by atoms with Crippen LogP contribution in [0.1, 0.15) is 43.8 Å². The normalized spacial score (nSPS) is 13.4. The van der Waals surface area contributed by atoms with Crippen LogP contribution in [0.2, 0.25) is 0 Å². The first-order valence-corrected chi connectivity index (χ1v) is 6.64. The monoisotopic (exact) mass is 226 g/mol. The van der Waals surface area contributed by atoms with Gasteiger partial charge < -0.3 is 5.32 Å². The van der Waals surface area contributed by atoms with Crippen molar-refractivity contribution in [2.45, 2.75) is 39.5 Å². The molecule has 0 fully saturated rings. The van der Waals surface area contributed by atoms with E-state index in [2.05, 4.69) is 36.5 Å². The van der Waals surface area contributed by atoms with Crippen LogP contribution in [0.3, 0.4) is 0 Å². The van der Waals surface area contributed by atoms with Crippen LogP contribution >= 0.6 is 11.3 Å². The van der Waals surface area contributed by atoms with Gasteiger partial charge in [0, 0.05) is 11.8 Å². The molecule has 2 nitrogen and oxygen atoms in total. The van der Waals surface area contributed by atoms with E-state index in [1.165, 1.54) is 17.1 Å². The van der Waals surface area contributed by atoms with Gasteiger partial charge >= 0.3 is 0 Å². The standard InChI is InChI=1S/C12H22N2S/c1-5-10(7-13-4)6-12-14-11(8-15-12)9(2)3/h8-10,13H,5-7H2,1-4H3. The first kappa shape index (κ1) is 12.7. The molecule has 0 aliphatic heterocycles. The lowest BCUT2D eigenvalue weighted by Crippen LogP contribution is -2.20. The molecule has 1 rings (SSSR count). The zero-order valence-electron chi connectivity index (χ0n) is 10.2. The predicted octanol–water partition coefficient (Wildman–Crippen LogP) is 3.05. The molecular weight excluding hydrogens is 204 g/mol. The van der Waals surface area contributed by atoms with Crippen LogP contribution in [0, 0.1) is 5.92 Å². The van der Waals surface area contributed by atoms with E-state index in [4.69, 9.17) is 0 Å². The summed E-state index contributed by atoms with van der Waals surface area (Å²) in [5.74, 6) is 1.28. The molecule has 1 aromatic heterocycles. The number of hydrogen-bond donors (Lipinski definition) is 1. The minimum atomic E-state index is 0.555. The van der Waals surface area contributed by atoms with Gasteiger partial charge in [-0.05, 0) is 25.4 Å². The first-order chi connectivity index (χ1) is 7.17. The lowest BCUT2D eigenvalue weighted by Gasteiger charge is -2.11. The Morgan fingerprint density at radius 1 is 1.47 bits per heavy atom. The minimum Gasteiger partial charge on any atom is -0.319 e. The zero-order chi connectivity index (χ0) is 11.3. The van der Waals surface area contributed by atoms with Crippen molar-refractivity contribution in [2.24, 2.45) is 5.92 Å². The Hall–Kier alpha value is -0.410. The number of nitrogens with zero attached hydrogens (tertiary/aromatic N) is 1. The second-order valence-corrected chi connectivity index (χ2v) is 5.30. The van der Waals surface area contributed by atoms with E-state index in [9.17, 15) is 0 Å². The Morgan fingerprint density at radius 3 is 2.67 bits per heavy atom. The third-order valence-corrected chi connectivity index (χ3v) is 3.58. The molecule has 1 atom stereocenters. The van der Waals surface area contributed by atoms with Crippen molar-refractivity contribution >= 4 is 11.3 Å². The van der Waals surface area contributed by atoms with Gasteiger partial charge in [-0.25, -0.2) is 4.98 Å². The molecule has 1 aromatic rings. The van der Waals surface area contributed by atoms with Crippen molar-refractivity contribution in [2.75, 3.05) is 13.6 Å². The third-order valence-electron chi connectivity index (χ3n) is 2.69. The molecule has 1 N–H and O–H groups in total. The van der Waals surface area contributed by atoms with Gasteiger partial charge in [-0.3, -0.25) is 0 Å². The van der Waals surface area contributed by atoms with Crippen LogP contribution in [-0.4, -0.2) is 18.6 Å². The van der Waals surface area contributed by atoms with E-state index in [1.807, 2.05) is 18.4 Å². The first-order valence-electron chi connectivity index (χ1n) is 5.76. The van der Waals surface area contributed by atoms with E-state index in [0.29, 0.717) is 5.92 Å². The number of hydrogen-bond acceptors (Lipinski definition) is 3. The molecule has 15 heavy (non-hydrogen) atoms. The second-order valence-electron chi connectivity index (χ2n) is 4.36. The van der Waals surface area contributed by atoms with E-state index in [-0.39, 0.29) is 0 Å². The highest BCUT2D eigenvalue weighted by Crippen LogP contribution is 2.20. The van der Waals surface area contributed by atoms with Gasteiger partial charge in [-0.15, -0.1) is 11.3 Å². The van der Waals surface area contributed by atoms with Crippen molar-refractivity contribution in [1.29, 1.82) is 0 Å². The maximum Gasteiger partial charge on any atom is 0.0931 e. The fourth-order valence-electron chi connectivity index (χ4n) is 1.58. The maximum atomic E-state index is 4.67. The van der Waals surface area contributed by atoms with Gasteiger partial charge in [-0.2, -0.15) is 0 Å². The summed E-state index contributed by atoms with van der Waals surface area (Å²) in [6, 6.07) is 0.